The van der Waals surface area contributed by atoms with Crippen LogP contribution in [-0.2, 0) is 10.2 Å². The van der Waals surface area contributed by atoms with Crippen LogP contribution in [0.3, 0.4) is 0 Å². The van der Waals surface area contributed by atoms with Gasteiger partial charge >= 0.3 is 11.7 Å². The zero-order valence-electron chi connectivity index (χ0n) is 15.1. The molecule has 0 N–H and O–H groups in total. The molecule has 0 unspecified atom stereocenters. The zero-order valence-corrected chi connectivity index (χ0v) is 15.1. The van der Waals surface area contributed by atoms with Gasteiger partial charge in [-0.25, -0.2) is 4.79 Å². The smallest absolute Gasteiger partial charge is 0.349 e. The van der Waals surface area contributed by atoms with E-state index in [1.165, 1.54) is 25.3 Å². The highest BCUT2D eigenvalue weighted by Gasteiger charge is 2.20. The lowest BCUT2D eigenvalue weighted by atomic mass is 9.87. The highest BCUT2D eigenvalue weighted by atomic mass is 16.6. The molecule has 0 amide bonds. The molecule has 0 saturated carbocycles. The second kappa shape index (κ2) is 7.86. The molecule has 0 aromatic heterocycles. The van der Waals surface area contributed by atoms with Crippen molar-refractivity contribution < 1.29 is 23.9 Å². The average Bonchev–Trinajstić information content (AvgIpc) is 2.59. The quantitative estimate of drug-likeness (QED) is 0.336. The fourth-order valence-corrected chi connectivity index (χ4v) is 2.20. The second-order valence-corrected chi connectivity index (χ2v) is 6.63. The SMILES string of the molecule is COc1ccc(OC(=O)COc2ccc(C(C)(C)C)cc2)c([N+](=O)[O-])c1. The third kappa shape index (κ3) is 4.95. The Morgan fingerprint density at radius 1 is 1.08 bits per heavy atom. The number of nitrogens with zero attached hydrogens (tertiary/aromatic N) is 1. The van der Waals surface area contributed by atoms with Gasteiger partial charge in [-0.1, -0.05) is 32.9 Å². The number of ether oxygens (including phenoxy) is 3. The molecule has 26 heavy (non-hydrogen) atoms. The Hall–Kier alpha value is -3.09. The number of esters is 1. The fourth-order valence-electron chi connectivity index (χ4n) is 2.20. The number of benzene rings is 2. The van der Waals surface area contributed by atoms with E-state index in [1.807, 2.05) is 12.1 Å². The van der Waals surface area contributed by atoms with Crippen LogP contribution in [0.25, 0.3) is 0 Å². The summed E-state index contributed by atoms with van der Waals surface area (Å²) in [5.74, 6) is -0.0866. The first kappa shape index (κ1) is 19.2. The number of nitro groups is 1. The van der Waals surface area contributed by atoms with E-state index in [4.69, 9.17) is 14.2 Å². The molecule has 0 atom stereocenters. The van der Waals surface area contributed by atoms with Gasteiger partial charge in [0.2, 0.25) is 5.75 Å². The summed E-state index contributed by atoms with van der Waals surface area (Å²) in [5.41, 5.74) is 0.804. The van der Waals surface area contributed by atoms with Gasteiger partial charge in [-0.2, -0.15) is 0 Å². The third-order valence-electron chi connectivity index (χ3n) is 3.66. The van der Waals surface area contributed by atoms with Crippen molar-refractivity contribution >= 4 is 11.7 Å². The molecule has 0 aliphatic heterocycles. The first-order chi connectivity index (χ1) is 12.2. The normalized spacial score (nSPS) is 10.9. The van der Waals surface area contributed by atoms with Crippen LogP contribution in [0.2, 0.25) is 0 Å². The van der Waals surface area contributed by atoms with Crippen molar-refractivity contribution in [3.8, 4) is 17.2 Å². The van der Waals surface area contributed by atoms with Crippen molar-refractivity contribution in [2.75, 3.05) is 13.7 Å². The van der Waals surface area contributed by atoms with Crippen molar-refractivity contribution in [2.24, 2.45) is 0 Å². The number of hydrogen-bond donors (Lipinski definition) is 0. The number of rotatable bonds is 6. The summed E-state index contributed by atoms with van der Waals surface area (Å²) in [5, 5.41) is 11.1. The van der Waals surface area contributed by atoms with E-state index in [9.17, 15) is 14.9 Å². The van der Waals surface area contributed by atoms with Gasteiger partial charge in [0.15, 0.2) is 6.61 Å². The summed E-state index contributed by atoms with van der Waals surface area (Å²) in [4.78, 5) is 22.4. The van der Waals surface area contributed by atoms with E-state index in [0.717, 1.165) is 5.56 Å². The molecular weight excluding hydrogens is 338 g/mol. The minimum Gasteiger partial charge on any atom is -0.496 e. The van der Waals surface area contributed by atoms with Crippen LogP contribution in [0, 0.1) is 10.1 Å². The Bertz CT molecular complexity index is 793. The Balaban J connectivity index is 2.00. The molecule has 7 nitrogen and oxygen atoms in total. The van der Waals surface area contributed by atoms with E-state index >= 15 is 0 Å². The molecule has 0 bridgehead atoms. The van der Waals surface area contributed by atoms with Crippen LogP contribution in [-0.4, -0.2) is 24.6 Å². The minimum atomic E-state index is -0.738. The molecule has 2 aromatic rings. The summed E-state index contributed by atoms with van der Waals surface area (Å²) in [6.45, 7) is 5.93. The second-order valence-electron chi connectivity index (χ2n) is 6.63. The molecule has 0 heterocycles. The number of methoxy groups -OCH3 is 1. The van der Waals surface area contributed by atoms with Crippen molar-refractivity contribution in [2.45, 2.75) is 26.2 Å². The van der Waals surface area contributed by atoms with Crippen molar-refractivity contribution in [1.82, 2.24) is 0 Å². The number of nitro benzene ring substituents is 1. The highest BCUT2D eigenvalue weighted by molar-refractivity contribution is 5.75. The van der Waals surface area contributed by atoms with Crippen molar-refractivity contribution in [1.29, 1.82) is 0 Å². The highest BCUT2D eigenvalue weighted by Crippen LogP contribution is 2.31. The predicted molar refractivity (Wildman–Crippen MR) is 95.9 cm³/mol. The van der Waals surface area contributed by atoms with Gasteiger partial charge in [0, 0.05) is 0 Å². The molecule has 0 fully saturated rings. The van der Waals surface area contributed by atoms with Gasteiger partial charge in [-0.15, -0.1) is 0 Å². The zero-order chi connectivity index (χ0) is 19.3. The van der Waals surface area contributed by atoms with E-state index in [0.29, 0.717) is 11.5 Å². The van der Waals surface area contributed by atoms with E-state index in [1.54, 1.807) is 12.1 Å². The van der Waals surface area contributed by atoms with Gasteiger partial charge in [0.05, 0.1) is 18.1 Å². The molecule has 2 aromatic carbocycles. The Labute approximate surface area is 151 Å². The van der Waals surface area contributed by atoms with E-state index in [2.05, 4.69) is 20.8 Å². The van der Waals surface area contributed by atoms with Crippen LogP contribution in [0.1, 0.15) is 26.3 Å². The number of hydrogen-bond acceptors (Lipinski definition) is 6. The maximum atomic E-state index is 11.9. The molecule has 0 radical (unpaired) electrons. The molecule has 2 rings (SSSR count). The van der Waals surface area contributed by atoms with Gasteiger partial charge < -0.3 is 14.2 Å². The van der Waals surface area contributed by atoms with Crippen LogP contribution in [0.5, 0.6) is 17.2 Å². The molecule has 138 valence electrons. The first-order valence-electron chi connectivity index (χ1n) is 7.97. The lowest BCUT2D eigenvalue weighted by Crippen LogP contribution is -2.18. The first-order valence-corrected chi connectivity index (χ1v) is 7.97. The summed E-state index contributed by atoms with van der Waals surface area (Å²) in [6, 6.07) is 11.4. The summed E-state index contributed by atoms with van der Waals surface area (Å²) in [6.07, 6.45) is 0. The maximum Gasteiger partial charge on any atom is 0.349 e. The van der Waals surface area contributed by atoms with Crippen LogP contribution < -0.4 is 14.2 Å². The van der Waals surface area contributed by atoms with Gasteiger partial charge in [-0.05, 0) is 35.2 Å². The standard InChI is InChI=1S/C19H21NO6/c1-19(2,3)13-5-7-14(8-6-13)25-12-18(21)26-17-10-9-15(24-4)11-16(17)20(22)23/h5-11H,12H2,1-4H3. The van der Waals surface area contributed by atoms with E-state index < -0.39 is 10.9 Å². The third-order valence-corrected chi connectivity index (χ3v) is 3.66. The number of carbonyl (C=O) groups is 1. The lowest BCUT2D eigenvalue weighted by Gasteiger charge is -2.19. The van der Waals surface area contributed by atoms with Gasteiger partial charge in [-0.3, -0.25) is 10.1 Å². The van der Waals surface area contributed by atoms with Crippen LogP contribution >= 0.6 is 0 Å². The van der Waals surface area contributed by atoms with Crippen LogP contribution in [0.15, 0.2) is 42.5 Å². The maximum absolute atomic E-state index is 11.9. The topological polar surface area (TPSA) is 87.9 Å². The summed E-state index contributed by atoms with van der Waals surface area (Å²) >= 11 is 0. The van der Waals surface area contributed by atoms with Gasteiger partial charge in [0.25, 0.3) is 0 Å². The van der Waals surface area contributed by atoms with E-state index in [-0.39, 0.29) is 23.5 Å². The summed E-state index contributed by atoms with van der Waals surface area (Å²) < 4.78 is 15.4. The van der Waals surface area contributed by atoms with Crippen LogP contribution in [0.4, 0.5) is 5.69 Å². The predicted octanol–water partition coefficient (Wildman–Crippen LogP) is 3.89. The molecule has 0 aliphatic rings. The minimum absolute atomic E-state index is 0.0186. The Kier molecular flexibility index (Phi) is 5.82. The van der Waals surface area contributed by atoms with Crippen molar-refractivity contribution in [3.63, 3.8) is 0 Å². The average molecular weight is 359 g/mol. The molecule has 0 spiro atoms. The Morgan fingerprint density at radius 2 is 1.69 bits per heavy atom. The largest absolute Gasteiger partial charge is 0.496 e. The van der Waals surface area contributed by atoms with Gasteiger partial charge in [0.1, 0.15) is 11.5 Å². The molecule has 0 aliphatic carbocycles. The number of carbonyl (C=O) groups excluding carboxylic acids is 1. The van der Waals surface area contributed by atoms with Crippen molar-refractivity contribution in [3.05, 3.63) is 58.1 Å². The molecule has 7 heteroatoms. The monoisotopic (exact) mass is 359 g/mol. The fraction of sp³-hybridized carbons (Fsp3) is 0.316. The molecule has 0 saturated heterocycles. The Morgan fingerprint density at radius 3 is 2.23 bits per heavy atom. The lowest BCUT2D eigenvalue weighted by molar-refractivity contribution is -0.385. The molecular formula is C19H21NO6. The summed E-state index contributed by atoms with van der Waals surface area (Å²) in [7, 11) is 1.39.